The van der Waals surface area contributed by atoms with Crippen molar-refractivity contribution in [1.82, 2.24) is 14.7 Å². The largest absolute Gasteiger partial charge is 0.497 e. The van der Waals surface area contributed by atoms with Gasteiger partial charge in [0.25, 0.3) is 11.5 Å². The van der Waals surface area contributed by atoms with Crippen molar-refractivity contribution in [3.63, 3.8) is 0 Å². The number of carbonyl (C=O) groups is 2. The molecule has 2 aromatic carbocycles. The van der Waals surface area contributed by atoms with Gasteiger partial charge in [0.05, 0.1) is 37.8 Å². The monoisotopic (exact) mass is 465 g/mol. The number of piperidine rings is 1. The number of nitrogens with zero attached hydrogens (tertiary/aromatic N) is 3. The maximum atomic E-state index is 13.5. The third-order valence-electron chi connectivity index (χ3n) is 5.99. The van der Waals surface area contributed by atoms with E-state index in [1.54, 1.807) is 54.3 Å². The number of esters is 1. The zero-order valence-corrected chi connectivity index (χ0v) is 19.4. The van der Waals surface area contributed by atoms with Gasteiger partial charge in [-0.3, -0.25) is 14.4 Å². The van der Waals surface area contributed by atoms with Gasteiger partial charge in [-0.05, 0) is 25.8 Å². The highest BCUT2D eigenvalue weighted by Crippen LogP contribution is 2.26. The van der Waals surface area contributed by atoms with Gasteiger partial charge in [0.1, 0.15) is 11.5 Å². The van der Waals surface area contributed by atoms with Crippen LogP contribution in [0.4, 0.5) is 0 Å². The third-order valence-corrected chi connectivity index (χ3v) is 5.99. The quantitative estimate of drug-likeness (QED) is 0.516. The molecule has 1 aliphatic heterocycles. The Kier molecular flexibility index (Phi) is 6.81. The molecule has 0 bridgehead atoms. The van der Waals surface area contributed by atoms with Crippen molar-refractivity contribution < 1.29 is 23.8 Å². The van der Waals surface area contributed by atoms with E-state index in [1.165, 1.54) is 18.9 Å². The number of fused-ring (bicyclic) bond motifs is 1. The van der Waals surface area contributed by atoms with E-state index in [9.17, 15) is 14.4 Å². The van der Waals surface area contributed by atoms with Gasteiger partial charge in [-0.25, -0.2) is 0 Å². The lowest BCUT2D eigenvalue weighted by Crippen LogP contribution is -2.41. The van der Waals surface area contributed by atoms with Gasteiger partial charge < -0.3 is 19.1 Å². The minimum absolute atomic E-state index is 0.173. The zero-order chi connectivity index (χ0) is 24.2. The number of benzene rings is 2. The average molecular weight is 466 g/mol. The molecule has 0 radical (unpaired) electrons. The number of likely N-dealkylation sites (tertiary alicyclic amines) is 1. The summed E-state index contributed by atoms with van der Waals surface area (Å²) < 4.78 is 17.0. The maximum Gasteiger partial charge on any atom is 0.309 e. The maximum absolute atomic E-state index is 13.5. The van der Waals surface area contributed by atoms with Crippen molar-refractivity contribution in [2.45, 2.75) is 19.8 Å². The lowest BCUT2D eigenvalue weighted by Gasteiger charge is -2.31. The molecule has 0 atom stereocenters. The van der Waals surface area contributed by atoms with Crippen molar-refractivity contribution in [2.75, 3.05) is 33.9 Å². The Morgan fingerprint density at radius 1 is 1.00 bits per heavy atom. The average Bonchev–Trinajstić information content (AvgIpc) is 2.88. The lowest BCUT2D eigenvalue weighted by molar-refractivity contribution is -0.149. The number of hydrogen-bond donors (Lipinski definition) is 0. The fraction of sp³-hybridized carbons (Fsp3) is 0.360. The molecule has 0 unspecified atom stereocenters. The molecule has 3 aromatic rings. The number of carbonyl (C=O) groups excluding carboxylic acids is 2. The van der Waals surface area contributed by atoms with Crippen LogP contribution in [0.15, 0.2) is 47.3 Å². The molecular weight excluding hydrogens is 438 g/mol. The van der Waals surface area contributed by atoms with E-state index in [2.05, 4.69) is 5.10 Å². The number of ether oxygens (including phenoxy) is 3. The van der Waals surface area contributed by atoms with Crippen LogP contribution in [-0.4, -0.2) is 60.5 Å². The van der Waals surface area contributed by atoms with Crippen molar-refractivity contribution in [2.24, 2.45) is 5.92 Å². The fourth-order valence-corrected chi connectivity index (χ4v) is 4.17. The minimum atomic E-state index is -0.358. The Morgan fingerprint density at radius 3 is 2.21 bits per heavy atom. The predicted molar refractivity (Wildman–Crippen MR) is 126 cm³/mol. The molecule has 0 N–H and O–H groups in total. The van der Waals surface area contributed by atoms with Gasteiger partial charge in [-0.1, -0.05) is 18.2 Å². The van der Waals surface area contributed by atoms with E-state index in [1.807, 2.05) is 0 Å². The molecule has 9 heteroatoms. The molecule has 1 aromatic heterocycles. The smallest absolute Gasteiger partial charge is 0.309 e. The topological polar surface area (TPSA) is 100.0 Å². The number of amides is 1. The van der Waals surface area contributed by atoms with E-state index in [0.29, 0.717) is 60.5 Å². The number of methoxy groups -OCH3 is 2. The first kappa shape index (κ1) is 23.3. The van der Waals surface area contributed by atoms with Crippen LogP contribution >= 0.6 is 0 Å². The standard InChI is InChI=1S/C25H27N3O6/c1-4-34-25(31)16-9-11-27(12-10-16)24(30)22-20-7-5-6-8-21(20)23(29)28(26-22)17-13-18(32-2)15-19(14-17)33-3/h5-8,13-16H,4,9-12H2,1-3H3. The van der Waals surface area contributed by atoms with Crippen LogP contribution in [0.1, 0.15) is 30.3 Å². The van der Waals surface area contributed by atoms with Crippen LogP contribution in [0.3, 0.4) is 0 Å². The molecule has 1 aliphatic rings. The Hall–Kier alpha value is -3.88. The van der Waals surface area contributed by atoms with Gasteiger partial charge >= 0.3 is 5.97 Å². The van der Waals surface area contributed by atoms with Gasteiger partial charge in [0.2, 0.25) is 0 Å². The Labute approximate surface area is 196 Å². The first-order valence-corrected chi connectivity index (χ1v) is 11.2. The van der Waals surface area contributed by atoms with E-state index in [0.717, 1.165) is 0 Å². The Morgan fingerprint density at radius 2 is 1.62 bits per heavy atom. The van der Waals surface area contributed by atoms with Crippen LogP contribution in [-0.2, 0) is 9.53 Å². The van der Waals surface area contributed by atoms with Crippen molar-refractivity contribution in [3.05, 3.63) is 58.5 Å². The predicted octanol–water partition coefficient (Wildman–Crippen LogP) is 2.82. The molecule has 0 spiro atoms. The Balaban J connectivity index is 1.74. The molecule has 0 aliphatic carbocycles. The summed E-state index contributed by atoms with van der Waals surface area (Å²) in [5, 5.41) is 5.35. The van der Waals surface area contributed by atoms with Crippen LogP contribution in [0, 0.1) is 5.92 Å². The van der Waals surface area contributed by atoms with Gasteiger partial charge in [0, 0.05) is 36.7 Å². The summed E-state index contributed by atoms with van der Waals surface area (Å²) in [7, 11) is 3.04. The zero-order valence-electron chi connectivity index (χ0n) is 19.4. The van der Waals surface area contributed by atoms with Gasteiger partial charge in [0.15, 0.2) is 5.69 Å². The highest BCUT2D eigenvalue weighted by molar-refractivity contribution is 6.05. The van der Waals surface area contributed by atoms with Crippen molar-refractivity contribution >= 4 is 22.6 Å². The van der Waals surface area contributed by atoms with E-state index in [-0.39, 0.29) is 29.0 Å². The van der Waals surface area contributed by atoms with Crippen LogP contribution in [0.5, 0.6) is 11.5 Å². The SMILES string of the molecule is CCOC(=O)C1CCN(C(=O)c2nn(-c3cc(OC)cc(OC)c3)c(=O)c3ccccc23)CC1. The summed E-state index contributed by atoms with van der Waals surface area (Å²) in [6, 6.07) is 11.9. The van der Waals surface area contributed by atoms with Gasteiger partial charge in [-0.2, -0.15) is 9.78 Å². The second kappa shape index (κ2) is 9.94. The van der Waals surface area contributed by atoms with Crippen LogP contribution in [0.2, 0.25) is 0 Å². The fourth-order valence-electron chi connectivity index (χ4n) is 4.17. The first-order valence-electron chi connectivity index (χ1n) is 11.2. The molecule has 1 fully saturated rings. The highest BCUT2D eigenvalue weighted by Gasteiger charge is 2.30. The van der Waals surface area contributed by atoms with E-state index in [4.69, 9.17) is 14.2 Å². The summed E-state index contributed by atoms with van der Waals surface area (Å²) in [4.78, 5) is 40.6. The third kappa shape index (κ3) is 4.46. The summed E-state index contributed by atoms with van der Waals surface area (Å²) in [6.07, 6.45) is 1.05. The number of rotatable bonds is 6. The van der Waals surface area contributed by atoms with Crippen LogP contribution < -0.4 is 15.0 Å². The highest BCUT2D eigenvalue weighted by atomic mass is 16.5. The van der Waals surface area contributed by atoms with E-state index < -0.39 is 0 Å². The summed E-state index contributed by atoms with van der Waals surface area (Å²) in [6.45, 7) is 2.93. The first-order chi connectivity index (χ1) is 16.5. The number of aromatic nitrogens is 2. The second-order valence-corrected chi connectivity index (χ2v) is 8.00. The summed E-state index contributed by atoms with van der Waals surface area (Å²) >= 11 is 0. The second-order valence-electron chi connectivity index (χ2n) is 8.00. The van der Waals surface area contributed by atoms with Crippen LogP contribution in [0.25, 0.3) is 16.5 Å². The normalized spacial score (nSPS) is 14.1. The van der Waals surface area contributed by atoms with Crippen molar-refractivity contribution in [1.29, 1.82) is 0 Å². The molecule has 2 heterocycles. The molecule has 1 amide bonds. The lowest BCUT2D eigenvalue weighted by atomic mass is 9.96. The molecule has 9 nitrogen and oxygen atoms in total. The number of hydrogen-bond acceptors (Lipinski definition) is 7. The molecule has 1 saturated heterocycles. The molecule has 0 saturated carbocycles. The molecule has 34 heavy (non-hydrogen) atoms. The summed E-state index contributed by atoms with van der Waals surface area (Å²) in [5.41, 5.74) is 0.233. The van der Waals surface area contributed by atoms with E-state index >= 15 is 0 Å². The van der Waals surface area contributed by atoms with Gasteiger partial charge in [-0.15, -0.1) is 0 Å². The molecule has 4 rings (SSSR count). The minimum Gasteiger partial charge on any atom is -0.497 e. The summed E-state index contributed by atoms with van der Waals surface area (Å²) in [5.74, 6) is 0.253. The Bertz CT molecular complexity index is 1260. The molecular formula is C25H27N3O6. The van der Waals surface area contributed by atoms with Crippen molar-refractivity contribution in [3.8, 4) is 17.2 Å². The molecule has 178 valence electrons.